The molecule has 3 aromatic rings. The minimum absolute atomic E-state index is 0.0329. The van der Waals surface area contributed by atoms with Crippen LogP contribution in [0, 0.1) is 20.8 Å². The fraction of sp³-hybridized carbons (Fsp3) is 0.238. The molecule has 25 heavy (non-hydrogen) atoms. The van der Waals surface area contributed by atoms with Gasteiger partial charge in [0.05, 0.1) is 6.20 Å². The summed E-state index contributed by atoms with van der Waals surface area (Å²) in [5.74, 6) is 1.27. The molecule has 4 nitrogen and oxygen atoms in total. The zero-order valence-corrected chi connectivity index (χ0v) is 14.8. The quantitative estimate of drug-likeness (QED) is 0.726. The van der Waals surface area contributed by atoms with E-state index in [1.165, 1.54) is 5.56 Å². The van der Waals surface area contributed by atoms with E-state index in [-0.39, 0.29) is 5.91 Å². The molecule has 4 heteroatoms. The lowest BCUT2D eigenvalue weighted by Gasteiger charge is -2.12. The first kappa shape index (κ1) is 17.0. The Labute approximate surface area is 147 Å². The highest BCUT2D eigenvalue weighted by Crippen LogP contribution is 2.23. The van der Waals surface area contributed by atoms with Gasteiger partial charge in [-0.15, -0.1) is 0 Å². The summed E-state index contributed by atoms with van der Waals surface area (Å²) < 4.78 is 5.74. The molecule has 0 atom stereocenters. The highest BCUT2D eigenvalue weighted by molar-refractivity contribution is 5.92. The van der Waals surface area contributed by atoms with Crippen LogP contribution in [0.4, 0.5) is 5.69 Å². The Balaban J connectivity index is 1.61. The molecule has 1 N–H and O–H groups in total. The Kier molecular flexibility index (Phi) is 4.98. The Morgan fingerprint density at radius 1 is 1.08 bits per heavy atom. The summed E-state index contributed by atoms with van der Waals surface area (Å²) in [6.45, 7) is 6.07. The highest BCUT2D eigenvalue weighted by Gasteiger charge is 2.11. The van der Waals surface area contributed by atoms with Crippen LogP contribution in [0.2, 0.25) is 0 Å². The largest absolute Gasteiger partial charge is 0.441 e. The van der Waals surface area contributed by atoms with E-state index in [4.69, 9.17) is 4.42 Å². The molecule has 0 unspecified atom stereocenters. The van der Waals surface area contributed by atoms with E-state index in [1.807, 2.05) is 44.2 Å². The van der Waals surface area contributed by atoms with Crippen LogP contribution in [0.15, 0.2) is 53.1 Å². The lowest BCUT2D eigenvalue weighted by atomic mass is 10.0. The van der Waals surface area contributed by atoms with Crippen molar-refractivity contribution in [1.82, 2.24) is 4.98 Å². The summed E-state index contributed by atoms with van der Waals surface area (Å²) in [6, 6.07) is 14.0. The average Bonchev–Trinajstić information content (AvgIpc) is 3.06. The van der Waals surface area contributed by atoms with Gasteiger partial charge >= 0.3 is 0 Å². The maximum Gasteiger partial charge on any atom is 0.224 e. The molecule has 2 aromatic carbocycles. The highest BCUT2D eigenvalue weighted by atomic mass is 16.4. The normalized spacial score (nSPS) is 10.7. The molecule has 0 bridgehead atoms. The van der Waals surface area contributed by atoms with Crippen molar-refractivity contribution < 1.29 is 9.21 Å². The van der Waals surface area contributed by atoms with E-state index in [0.29, 0.717) is 18.7 Å². The molecule has 0 aliphatic heterocycles. The molecule has 0 fully saturated rings. The molecule has 1 heterocycles. The number of nitrogens with one attached hydrogen (secondary N) is 1. The summed E-state index contributed by atoms with van der Waals surface area (Å²) in [4.78, 5) is 16.5. The monoisotopic (exact) mass is 334 g/mol. The number of hydrogen-bond acceptors (Lipinski definition) is 3. The molecule has 1 amide bonds. The van der Waals surface area contributed by atoms with E-state index < -0.39 is 0 Å². The van der Waals surface area contributed by atoms with Crippen molar-refractivity contribution in [2.75, 3.05) is 5.32 Å². The maximum absolute atomic E-state index is 12.3. The first-order valence-electron chi connectivity index (χ1n) is 8.41. The van der Waals surface area contributed by atoms with Crippen LogP contribution in [0.1, 0.15) is 29.0 Å². The van der Waals surface area contributed by atoms with Gasteiger partial charge in [-0.25, -0.2) is 4.98 Å². The maximum atomic E-state index is 12.3. The second-order valence-electron chi connectivity index (χ2n) is 6.31. The summed E-state index contributed by atoms with van der Waals surface area (Å²) >= 11 is 0. The Morgan fingerprint density at radius 3 is 2.44 bits per heavy atom. The SMILES string of the molecule is Cc1cc(C)c(NC(=O)CCc2ncc(-c3ccccc3)o2)c(C)c1. The van der Waals surface area contributed by atoms with Gasteiger partial charge in [0.1, 0.15) is 0 Å². The summed E-state index contributed by atoms with van der Waals surface area (Å²) in [5.41, 5.74) is 5.23. The van der Waals surface area contributed by atoms with Gasteiger partial charge < -0.3 is 9.73 Å². The van der Waals surface area contributed by atoms with Crippen molar-refractivity contribution in [3.63, 3.8) is 0 Å². The number of rotatable bonds is 5. The van der Waals surface area contributed by atoms with E-state index in [2.05, 4.69) is 29.4 Å². The van der Waals surface area contributed by atoms with E-state index >= 15 is 0 Å². The van der Waals surface area contributed by atoms with Crippen molar-refractivity contribution in [3.05, 3.63) is 71.2 Å². The van der Waals surface area contributed by atoms with Crippen LogP contribution in [0.25, 0.3) is 11.3 Å². The molecule has 0 aliphatic carbocycles. The van der Waals surface area contributed by atoms with Gasteiger partial charge in [-0.1, -0.05) is 48.0 Å². The van der Waals surface area contributed by atoms with E-state index in [9.17, 15) is 4.79 Å². The third kappa shape index (κ3) is 4.15. The van der Waals surface area contributed by atoms with Gasteiger partial charge in [-0.05, 0) is 31.9 Å². The van der Waals surface area contributed by atoms with E-state index in [1.54, 1.807) is 6.20 Å². The van der Waals surface area contributed by atoms with Crippen LogP contribution in [0.5, 0.6) is 0 Å². The molecule has 0 aliphatic rings. The molecule has 128 valence electrons. The predicted molar refractivity (Wildman–Crippen MR) is 99.5 cm³/mol. The summed E-state index contributed by atoms with van der Waals surface area (Å²) in [5, 5.41) is 3.01. The smallest absolute Gasteiger partial charge is 0.224 e. The average molecular weight is 334 g/mol. The Morgan fingerprint density at radius 2 is 1.76 bits per heavy atom. The Bertz CT molecular complexity index is 859. The zero-order chi connectivity index (χ0) is 17.8. The lowest BCUT2D eigenvalue weighted by molar-refractivity contribution is -0.116. The van der Waals surface area contributed by atoms with Crippen LogP contribution < -0.4 is 5.32 Å². The molecule has 0 saturated carbocycles. The third-order valence-electron chi connectivity index (χ3n) is 4.12. The van der Waals surface area contributed by atoms with Gasteiger partial charge in [0.25, 0.3) is 0 Å². The number of aryl methyl sites for hydroxylation is 4. The number of nitrogens with zero attached hydrogens (tertiary/aromatic N) is 1. The fourth-order valence-corrected chi connectivity index (χ4v) is 2.96. The number of carbonyl (C=O) groups is 1. The molecule has 0 spiro atoms. The van der Waals surface area contributed by atoms with Gasteiger partial charge in [0.15, 0.2) is 11.7 Å². The minimum atomic E-state index is -0.0329. The number of benzene rings is 2. The first-order valence-corrected chi connectivity index (χ1v) is 8.41. The van der Waals surface area contributed by atoms with Crippen molar-refractivity contribution in [2.24, 2.45) is 0 Å². The second kappa shape index (κ2) is 7.34. The van der Waals surface area contributed by atoms with Crippen LogP contribution in [-0.4, -0.2) is 10.9 Å². The van der Waals surface area contributed by atoms with Crippen molar-refractivity contribution >= 4 is 11.6 Å². The number of anilines is 1. The van der Waals surface area contributed by atoms with Crippen LogP contribution in [-0.2, 0) is 11.2 Å². The number of aromatic nitrogens is 1. The number of oxazole rings is 1. The lowest BCUT2D eigenvalue weighted by Crippen LogP contribution is -2.14. The van der Waals surface area contributed by atoms with Crippen molar-refractivity contribution in [3.8, 4) is 11.3 Å². The predicted octanol–water partition coefficient (Wildman–Crippen LogP) is 4.84. The van der Waals surface area contributed by atoms with Gasteiger partial charge in [0, 0.05) is 24.1 Å². The molecule has 0 saturated heterocycles. The number of amides is 1. The van der Waals surface area contributed by atoms with Crippen LogP contribution >= 0.6 is 0 Å². The molecular weight excluding hydrogens is 312 g/mol. The van der Waals surface area contributed by atoms with Crippen LogP contribution in [0.3, 0.4) is 0 Å². The number of hydrogen-bond donors (Lipinski definition) is 1. The third-order valence-corrected chi connectivity index (χ3v) is 4.12. The van der Waals surface area contributed by atoms with Gasteiger partial charge in [-0.3, -0.25) is 4.79 Å². The summed E-state index contributed by atoms with van der Waals surface area (Å²) in [6.07, 6.45) is 2.51. The second-order valence-corrected chi connectivity index (χ2v) is 6.31. The zero-order valence-electron chi connectivity index (χ0n) is 14.8. The summed E-state index contributed by atoms with van der Waals surface area (Å²) in [7, 11) is 0. The molecule has 0 radical (unpaired) electrons. The fourth-order valence-electron chi connectivity index (χ4n) is 2.96. The molecule has 1 aromatic heterocycles. The number of carbonyl (C=O) groups excluding carboxylic acids is 1. The standard InChI is InChI=1S/C21H22N2O2/c1-14-11-15(2)21(16(3)12-14)23-19(24)9-10-20-22-13-18(25-20)17-7-5-4-6-8-17/h4-8,11-13H,9-10H2,1-3H3,(H,23,24). The van der Waals surface area contributed by atoms with E-state index in [0.717, 1.165) is 28.1 Å². The first-order chi connectivity index (χ1) is 12.0. The van der Waals surface area contributed by atoms with Crippen molar-refractivity contribution in [2.45, 2.75) is 33.6 Å². The van der Waals surface area contributed by atoms with Gasteiger partial charge in [-0.2, -0.15) is 0 Å². The molecule has 3 rings (SSSR count). The van der Waals surface area contributed by atoms with Crippen molar-refractivity contribution in [1.29, 1.82) is 0 Å². The topological polar surface area (TPSA) is 55.1 Å². The Hall–Kier alpha value is -2.88. The minimum Gasteiger partial charge on any atom is -0.441 e. The van der Waals surface area contributed by atoms with Gasteiger partial charge in [0.2, 0.25) is 5.91 Å². The molecular formula is C21H22N2O2.